The summed E-state index contributed by atoms with van der Waals surface area (Å²) < 4.78 is 23.0. The van der Waals surface area contributed by atoms with E-state index in [1.54, 1.807) is 11.3 Å². The topological polar surface area (TPSA) is 59.1 Å². The van der Waals surface area contributed by atoms with Gasteiger partial charge < -0.3 is 5.32 Å². The zero-order valence-electron chi connectivity index (χ0n) is 11.0. The molecule has 0 radical (unpaired) electrons. The highest BCUT2D eigenvalue weighted by Crippen LogP contribution is 2.32. The summed E-state index contributed by atoms with van der Waals surface area (Å²) in [6, 6.07) is 0.556. The number of nitrogens with one attached hydrogen (secondary N) is 1. The van der Waals surface area contributed by atoms with Crippen LogP contribution in [-0.2, 0) is 9.84 Å². The molecule has 3 rings (SSSR count). The van der Waals surface area contributed by atoms with Crippen molar-refractivity contribution < 1.29 is 8.42 Å². The number of anilines is 1. The van der Waals surface area contributed by atoms with Crippen molar-refractivity contribution in [3.8, 4) is 0 Å². The van der Waals surface area contributed by atoms with Crippen molar-refractivity contribution in [3.05, 3.63) is 11.1 Å². The molecule has 0 aromatic carbocycles. The average molecular weight is 300 g/mol. The summed E-state index contributed by atoms with van der Waals surface area (Å²) in [6.45, 7) is 0. The van der Waals surface area contributed by atoms with Crippen LogP contribution in [-0.4, -0.2) is 30.9 Å². The van der Waals surface area contributed by atoms with Crippen molar-refractivity contribution in [1.29, 1.82) is 0 Å². The Morgan fingerprint density at radius 1 is 1.21 bits per heavy atom. The number of hydrogen-bond donors (Lipinski definition) is 1. The summed E-state index contributed by atoms with van der Waals surface area (Å²) in [4.78, 5) is 4.59. The second-order valence-corrected chi connectivity index (χ2v) is 8.74. The standard InChI is InChI=1S/C13H20N2O2S2/c16-19(17)7-6-10(9-19)12-8-18-13(15-12)14-11-4-2-1-3-5-11/h8,10-11H,1-7,9H2,(H,14,15)/t10-/m0/s1. The maximum Gasteiger partial charge on any atom is 0.183 e. The molecule has 4 nitrogen and oxygen atoms in total. The molecule has 1 atom stereocenters. The van der Waals surface area contributed by atoms with Crippen LogP contribution in [0.3, 0.4) is 0 Å². The summed E-state index contributed by atoms with van der Waals surface area (Å²) in [7, 11) is -2.82. The minimum atomic E-state index is -2.82. The summed E-state index contributed by atoms with van der Waals surface area (Å²) in [5.74, 6) is 0.711. The normalized spacial score (nSPS) is 27.5. The summed E-state index contributed by atoms with van der Waals surface area (Å²) in [6.07, 6.45) is 7.14. The second kappa shape index (κ2) is 5.40. The van der Waals surface area contributed by atoms with E-state index in [1.807, 2.05) is 5.38 Å². The number of aromatic nitrogens is 1. The van der Waals surface area contributed by atoms with Crippen LogP contribution in [0, 0.1) is 0 Å². The zero-order valence-corrected chi connectivity index (χ0v) is 12.6. The van der Waals surface area contributed by atoms with Gasteiger partial charge in [0.1, 0.15) is 0 Å². The maximum atomic E-state index is 11.5. The first-order valence-electron chi connectivity index (χ1n) is 7.05. The van der Waals surface area contributed by atoms with E-state index in [4.69, 9.17) is 0 Å². The Balaban J connectivity index is 1.63. The highest BCUT2D eigenvalue weighted by molar-refractivity contribution is 7.91. The average Bonchev–Trinajstić information content (AvgIpc) is 2.97. The first-order valence-corrected chi connectivity index (χ1v) is 9.75. The maximum absolute atomic E-state index is 11.5. The highest BCUT2D eigenvalue weighted by atomic mass is 32.2. The van der Waals surface area contributed by atoms with E-state index in [0.717, 1.165) is 17.2 Å². The molecule has 19 heavy (non-hydrogen) atoms. The lowest BCUT2D eigenvalue weighted by atomic mass is 9.96. The minimum Gasteiger partial charge on any atom is -0.359 e. The van der Waals surface area contributed by atoms with Crippen LogP contribution in [0.2, 0.25) is 0 Å². The monoisotopic (exact) mass is 300 g/mol. The van der Waals surface area contributed by atoms with E-state index in [0.29, 0.717) is 11.8 Å². The lowest BCUT2D eigenvalue weighted by Crippen LogP contribution is -2.22. The molecule has 2 aliphatic rings. The first-order chi connectivity index (χ1) is 9.12. The molecule has 1 aromatic heterocycles. The molecule has 1 saturated heterocycles. The summed E-state index contributed by atoms with van der Waals surface area (Å²) in [5.41, 5.74) is 0.962. The molecule has 2 fully saturated rings. The van der Waals surface area contributed by atoms with E-state index in [1.165, 1.54) is 32.1 Å². The predicted molar refractivity (Wildman–Crippen MR) is 78.6 cm³/mol. The lowest BCUT2D eigenvalue weighted by Gasteiger charge is -2.22. The van der Waals surface area contributed by atoms with Crippen molar-refractivity contribution in [2.45, 2.75) is 50.5 Å². The van der Waals surface area contributed by atoms with Gasteiger partial charge in [-0.2, -0.15) is 0 Å². The van der Waals surface area contributed by atoms with Crippen molar-refractivity contribution in [2.75, 3.05) is 16.8 Å². The fraction of sp³-hybridized carbons (Fsp3) is 0.769. The van der Waals surface area contributed by atoms with Crippen LogP contribution in [0.4, 0.5) is 5.13 Å². The van der Waals surface area contributed by atoms with Crippen molar-refractivity contribution in [2.24, 2.45) is 0 Å². The van der Waals surface area contributed by atoms with Gasteiger partial charge in [0, 0.05) is 17.3 Å². The Morgan fingerprint density at radius 2 is 2.00 bits per heavy atom. The van der Waals surface area contributed by atoms with E-state index < -0.39 is 9.84 Å². The van der Waals surface area contributed by atoms with Gasteiger partial charge >= 0.3 is 0 Å². The number of rotatable bonds is 3. The molecule has 0 bridgehead atoms. The van der Waals surface area contributed by atoms with Gasteiger partial charge in [-0.25, -0.2) is 13.4 Å². The number of hydrogen-bond acceptors (Lipinski definition) is 5. The van der Waals surface area contributed by atoms with Gasteiger partial charge in [0.25, 0.3) is 0 Å². The third kappa shape index (κ3) is 3.28. The molecule has 6 heteroatoms. The molecule has 1 N–H and O–H groups in total. The SMILES string of the molecule is O=S1(=O)CC[C@H](c2csc(NC3CCCCC3)n2)C1. The Labute approximate surface area is 118 Å². The molecule has 2 heterocycles. The van der Waals surface area contributed by atoms with Crippen LogP contribution in [0.15, 0.2) is 5.38 Å². The molecular weight excluding hydrogens is 280 g/mol. The smallest absolute Gasteiger partial charge is 0.183 e. The van der Waals surface area contributed by atoms with Gasteiger partial charge in [-0.05, 0) is 19.3 Å². The van der Waals surface area contributed by atoms with Crippen LogP contribution >= 0.6 is 11.3 Å². The Kier molecular flexibility index (Phi) is 3.80. The molecule has 1 saturated carbocycles. The second-order valence-electron chi connectivity index (χ2n) is 5.66. The van der Waals surface area contributed by atoms with E-state index in [-0.39, 0.29) is 11.7 Å². The van der Waals surface area contributed by atoms with Crippen LogP contribution < -0.4 is 5.32 Å². The fourth-order valence-corrected chi connectivity index (χ4v) is 5.62. The molecule has 1 aliphatic carbocycles. The largest absolute Gasteiger partial charge is 0.359 e. The predicted octanol–water partition coefficient (Wildman–Crippen LogP) is 2.79. The fourth-order valence-electron chi connectivity index (χ4n) is 2.99. The molecule has 1 aliphatic heterocycles. The molecule has 0 unspecified atom stereocenters. The Bertz CT molecular complexity index is 533. The number of nitrogens with zero attached hydrogens (tertiary/aromatic N) is 1. The molecule has 106 valence electrons. The van der Waals surface area contributed by atoms with Crippen LogP contribution in [0.1, 0.15) is 50.1 Å². The Hall–Kier alpha value is -0.620. The van der Waals surface area contributed by atoms with E-state index in [9.17, 15) is 8.42 Å². The van der Waals surface area contributed by atoms with Crippen LogP contribution in [0.5, 0.6) is 0 Å². The zero-order chi connectivity index (χ0) is 13.3. The summed E-state index contributed by atoms with van der Waals surface area (Å²) >= 11 is 1.61. The highest BCUT2D eigenvalue weighted by Gasteiger charge is 2.30. The van der Waals surface area contributed by atoms with Crippen LogP contribution in [0.25, 0.3) is 0 Å². The van der Waals surface area contributed by atoms with E-state index in [2.05, 4.69) is 10.3 Å². The lowest BCUT2D eigenvalue weighted by molar-refractivity contribution is 0.462. The number of thiazole rings is 1. The van der Waals surface area contributed by atoms with Crippen molar-refractivity contribution in [1.82, 2.24) is 4.98 Å². The van der Waals surface area contributed by atoms with Gasteiger partial charge in [-0.15, -0.1) is 11.3 Å². The molecule has 0 spiro atoms. The van der Waals surface area contributed by atoms with Gasteiger partial charge in [-0.3, -0.25) is 0 Å². The third-order valence-electron chi connectivity index (χ3n) is 4.11. The number of sulfone groups is 1. The van der Waals surface area contributed by atoms with Gasteiger partial charge in [-0.1, -0.05) is 19.3 Å². The van der Waals surface area contributed by atoms with Gasteiger partial charge in [0.05, 0.1) is 17.2 Å². The molecule has 0 amide bonds. The third-order valence-corrected chi connectivity index (χ3v) is 6.67. The van der Waals surface area contributed by atoms with Crippen molar-refractivity contribution >= 4 is 26.3 Å². The quantitative estimate of drug-likeness (QED) is 0.932. The van der Waals surface area contributed by atoms with Gasteiger partial charge in [0.2, 0.25) is 0 Å². The van der Waals surface area contributed by atoms with E-state index >= 15 is 0 Å². The molecular formula is C13H20N2O2S2. The molecule has 1 aromatic rings. The summed E-state index contributed by atoms with van der Waals surface area (Å²) in [5, 5.41) is 6.49. The van der Waals surface area contributed by atoms with Crippen molar-refractivity contribution in [3.63, 3.8) is 0 Å². The minimum absolute atomic E-state index is 0.114. The Morgan fingerprint density at radius 3 is 2.68 bits per heavy atom. The van der Waals surface area contributed by atoms with Gasteiger partial charge in [0.15, 0.2) is 15.0 Å². The first kappa shape index (κ1) is 13.4.